The molecule has 1 nitrogen and oxygen atoms in total. The Morgan fingerprint density at radius 2 is 1.65 bits per heavy atom. The summed E-state index contributed by atoms with van der Waals surface area (Å²) in [6.45, 7) is 11.3. The van der Waals surface area contributed by atoms with Crippen LogP contribution in [0.2, 0.25) is 0 Å². The van der Waals surface area contributed by atoms with Crippen molar-refractivity contribution in [3.63, 3.8) is 0 Å². The molecule has 0 fully saturated rings. The van der Waals surface area contributed by atoms with Crippen LogP contribution in [0, 0.1) is 5.41 Å². The largest absolute Gasteiger partial charge is 0.311 e. The van der Waals surface area contributed by atoms with E-state index >= 15 is 0 Å². The summed E-state index contributed by atoms with van der Waals surface area (Å²) in [5.41, 5.74) is 1.70. The molecule has 2 atom stereocenters. The number of hydrogen-bond donors (Lipinski definition) is 1. The predicted octanol–water partition coefficient (Wildman–Crippen LogP) is 4.40. The van der Waals surface area contributed by atoms with Gasteiger partial charge in [-0.2, -0.15) is 0 Å². The van der Waals surface area contributed by atoms with Crippen molar-refractivity contribution in [3.05, 3.63) is 34.3 Å². The number of nitrogens with one attached hydrogen (secondary N) is 1. The molecule has 0 heterocycles. The number of benzene rings is 1. The minimum Gasteiger partial charge on any atom is -0.311 e. The Morgan fingerprint density at radius 1 is 1.12 bits per heavy atom. The highest BCUT2D eigenvalue weighted by atomic mass is 79.9. The minimum absolute atomic E-state index is 0.313. The third-order valence-electron chi connectivity index (χ3n) is 3.29. The van der Waals surface area contributed by atoms with E-state index in [0.717, 1.165) is 10.9 Å². The van der Waals surface area contributed by atoms with E-state index in [1.54, 1.807) is 0 Å². The summed E-state index contributed by atoms with van der Waals surface area (Å²) in [7, 11) is 0. The SMILES string of the molecule is CC(Cc1ccc(Br)cc1)NC(C)C(C)(C)C. The van der Waals surface area contributed by atoms with E-state index in [0.29, 0.717) is 17.5 Å². The van der Waals surface area contributed by atoms with Crippen molar-refractivity contribution < 1.29 is 0 Å². The van der Waals surface area contributed by atoms with Crippen molar-refractivity contribution in [1.82, 2.24) is 5.32 Å². The van der Waals surface area contributed by atoms with Gasteiger partial charge in [0.2, 0.25) is 0 Å². The predicted molar refractivity (Wildman–Crippen MR) is 79.4 cm³/mol. The third-order valence-corrected chi connectivity index (χ3v) is 3.82. The van der Waals surface area contributed by atoms with Gasteiger partial charge in [0.15, 0.2) is 0 Å². The van der Waals surface area contributed by atoms with Gasteiger partial charge in [0.1, 0.15) is 0 Å². The normalized spacial score (nSPS) is 15.6. The molecule has 2 heteroatoms. The van der Waals surface area contributed by atoms with Crippen LogP contribution in [0.3, 0.4) is 0 Å². The van der Waals surface area contributed by atoms with Gasteiger partial charge in [-0.25, -0.2) is 0 Å². The lowest BCUT2D eigenvalue weighted by Gasteiger charge is -2.31. The van der Waals surface area contributed by atoms with Crippen LogP contribution in [-0.4, -0.2) is 12.1 Å². The third kappa shape index (κ3) is 5.22. The molecule has 0 radical (unpaired) electrons. The van der Waals surface area contributed by atoms with Gasteiger partial charge in [-0.15, -0.1) is 0 Å². The summed E-state index contributed by atoms with van der Waals surface area (Å²) in [6, 6.07) is 9.61. The van der Waals surface area contributed by atoms with Crippen molar-refractivity contribution in [2.24, 2.45) is 5.41 Å². The molecular weight excluding hydrogens is 274 g/mol. The second-order valence-corrected chi connectivity index (χ2v) is 6.90. The van der Waals surface area contributed by atoms with E-state index in [1.165, 1.54) is 5.56 Å². The maximum absolute atomic E-state index is 3.67. The fourth-order valence-corrected chi connectivity index (χ4v) is 1.97. The highest BCUT2D eigenvalue weighted by molar-refractivity contribution is 9.10. The molecule has 0 aromatic heterocycles. The number of hydrogen-bond acceptors (Lipinski definition) is 1. The van der Waals surface area contributed by atoms with Crippen molar-refractivity contribution in [3.8, 4) is 0 Å². The van der Waals surface area contributed by atoms with Crippen molar-refractivity contribution in [2.45, 2.75) is 53.1 Å². The first-order chi connectivity index (χ1) is 7.79. The first kappa shape index (κ1) is 14.7. The van der Waals surface area contributed by atoms with Crippen molar-refractivity contribution in [1.29, 1.82) is 0 Å². The Morgan fingerprint density at radius 3 is 2.12 bits per heavy atom. The zero-order valence-corrected chi connectivity index (χ0v) is 13.1. The minimum atomic E-state index is 0.313. The molecule has 0 amide bonds. The smallest absolute Gasteiger partial charge is 0.0175 e. The number of halogens is 1. The topological polar surface area (TPSA) is 12.0 Å². The Kier molecular flexibility index (Phi) is 5.21. The monoisotopic (exact) mass is 297 g/mol. The molecule has 96 valence electrons. The van der Waals surface area contributed by atoms with E-state index in [4.69, 9.17) is 0 Å². The lowest BCUT2D eigenvalue weighted by Crippen LogP contribution is -2.43. The van der Waals surface area contributed by atoms with E-state index in [1.807, 2.05) is 0 Å². The van der Waals surface area contributed by atoms with Gasteiger partial charge in [-0.05, 0) is 43.4 Å². The Labute approximate surface area is 114 Å². The summed E-state index contributed by atoms with van der Waals surface area (Å²) in [6.07, 6.45) is 1.08. The van der Waals surface area contributed by atoms with Crippen LogP contribution in [0.25, 0.3) is 0 Å². The van der Waals surface area contributed by atoms with Gasteiger partial charge in [-0.3, -0.25) is 0 Å². The van der Waals surface area contributed by atoms with Crippen LogP contribution in [0.4, 0.5) is 0 Å². The van der Waals surface area contributed by atoms with Gasteiger partial charge in [0.05, 0.1) is 0 Å². The van der Waals surface area contributed by atoms with E-state index in [-0.39, 0.29) is 0 Å². The molecule has 2 unspecified atom stereocenters. The molecule has 1 rings (SSSR count). The molecule has 17 heavy (non-hydrogen) atoms. The second kappa shape index (κ2) is 6.01. The summed E-state index contributed by atoms with van der Waals surface area (Å²) < 4.78 is 1.14. The summed E-state index contributed by atoms with van der Waals surface area (Å²) in [5.74, 6) is 0. The van der Waals surface area contributed by atoms with Gasteiger partial charge < -0.3 is 5.32 Å². The zero-order valence-electron chi connectivity index (χ0n) is 11.5. The molecule has 0 saturated carbocycles. The standard InChI is InChI=1S/C15H24BrN/c1-11(17-12(2)15(3,4)5)10-13-6-8-14(16)9-7-13/h6-9,11-12,17H,10H2,1-5H3. The van der Waals surface area contributed by atoms with Crippen LogP contribution in [0.1, 0.15) is 40.2 Å². The average Bonchev–Trinajstić information content (AvgIpc) is 2.20. The molecule has 0 bridgehead atoms. The summed E-state index contributed by atoms with van der Waals surface area (Å²) in [5, 5.41) is 3.67. The van der Waals surface area contributed by atoms with Gasteiger partial charge in [0, 0.05) is 16.6 Å². The molecule has 0 aliphatic carbocycles. The van der Waals surface area contributed by atoms with E-state index < -0.39 is 0 Å². The maximum atomic E-state index is 3.67. The summed E-state index contributed by atoms with van der Waals surface area (Å²) in [4.78, 5) is 0. The molecule has 1 aromatic rings. The Bertz CT molecular complexity index is 337. The fraction of sp³-hybridized carbons (Fsp3) is 0.600. The molecular formula is C15H24BrN. The first-order valence-electron chi connectivity index (χ1n) is 6.29. The average molecular weight is 298 g/mol. The van der Waals surface area contributed by atoms with E-state index in [9.17, 15) is 0 Å². The van der Waals surface area contributed by atoms with Crippen LogP contribution in [-0.2, 0) is 6.42 Å². The van der Waals surface area contributed by atoms with Crippen LogP contribution < -0.4 is 5.32 Å². The highest BCUT2D eigenvalue weighted by Gasteiger charge is 2.21. The number of rotatable bonds is 4. The van der Waals surface area contributed by atoms with Crippen molar-refractivity contribution >= 4 is 15.9 Å². The molecule has 0 saturated heterocycles. The lowest BCUT2D eigenvalue weighted by molar-refractivity contribution is 0.266. The summed E-state index contributed by atoms with van der Waals surface area (Å²) >= 11 is 3.46. The first-order valence-corrected chi connectivity index (χ1v) is 7.09. The van der Waals surface area contributed by atoms with Gasteiger partial charge in [-0.1, -0.05) is 48.8 Å². The van der Waals surface area contributed by atoms with Crippen LogP contribution in [0.15, 0.2) is 28.7 Å². The Hall–Kier alpha value is -0.340. The second-order valence-electron chi connectivity index (χ2n) is 5.99. The Balaban J connectivity index is 2.50. The fourth-order valence-electron chi connectivity index (χ4n) is 1.71. The van der Waals surface area contributed by atoms with Crippen LogP contribution >= 0.6 is 15.9 Å². The quantitative estimate of drug-likeness (QED) is 0.868. The van der Waals surface area contributed by atoms with Crippen LogP contribution in [0.5, 0.6) is 0 Å². The molecule has 1 N–H and O–H groups in total. The van der Waals surface area contributed by atoms with Crippen molar-refractivity contribution in [2.75, 3.05) is 0 Å². The molecule has 0 aliphatic heterocycles. The zero-order chi connectivity index (χ0) is 13.1. The van der Waals surface area contributed by atoms with Gasteiger partial charge >= 0.3 is 0 Å². The highest BCUT2D eigenvalue weighted by Crippen LogP contribution is 2.19. The molecule has 1 aromatic carbocycles. The van der Waals surface area contributed by atoms with Gasteiger partial charge in [0.25, 0.3) is 0 Å². The maximum Gasteiger partial charge on any atom is 0.0175 e. The van der Waals surface area contributed by atoms with E-state index in [2.05, 4.69) is 80.1 Å². The molecule has 0 spiro atoms. The molecule has 0 aliphatic rings. The lowest BCUT2D eigenvalue weighted by atomic mass is 9.87.